The lowest BCUT2D eigenvalue weighted by atomic mass is 9.90. The summed E-state index contributed by atoms with van der Waals surface area (Å²) in [5.41, 5.74) is -3.96. The Kier molecular flexibility index (Phi) is 10.3. The molecule has 2 aromatic rings. The van der Waals surface area contributed by atoms with Gasteiger partial charge in [-0.05, 0) is 69.7 Å². The van der Waals surface area contributed by atoms with E-state index in [1.165, 1.54) is 26.3 Å². The van der Waals surface area contributed by atoms with Gasteiger partial charge in [0, 0.05) is 38.3 Å². The Morgan fingerprint density at radius 3 is 2.48 bits per heavy atom. The second-order valence-electron chi connectivity index (χ2n) is 10.4. The molecule has 1 aliphatic rings. The molecule has 3 rings (SSSR count). The Bertz CT molecular complexity index is 1190. The number of pyridine rings is 1. The van der Waals surface area contributed by atoms with E-state index in [1.54, 1.807) is 12.1 Å². The molecule has 0 aliphatic carbocycles. The number of aliphatic hydroxyl groups is 1. The van der Waals surface area contributed by atoms with E-state index in [0.29, 0.717) is 36.8 Å². The van der Waals surface area contributed by atoms with Crippen molar-refractivity contribution in [1.82, 2.24) is 15.2 Å². The lowest BCUT2D eigenvalue weighted by Crippen LogP contribution is -2.55. The molecule has 1 saturated heterocycles. The first-order chi connectivity index (χ1) is 18.8. The molecule has 0 radical (unpaired) electrons. The highest BCUT2D eigenvalue weighted by molar-refractivity contribution is 6.32. The number of likely N-dealkylation sites (N-methyl/N-ethyl adjacent to an activating group) is 1. The lowest BCUT2D eigenvalue weighted by molar-refractivity contribution is -0.261. The molecule has 1 unspecified atom stereocenters. The van der Waals surface area contributed by atoms with Crippen molar-refractivity contribution < 1.29 is 32.6 Å². The van der Waals surface area contributed by atoms with Gasteiger partial charge in [-0.2, -0.15) is 13.2 Å². The van der Waals surface area contributed by atoms with Crippen LogP contribution in [0.3, 0.4) is 0 Å². The van der Waals surface area contributed by atoms with Crippen LogP contribution in [0.1, 0.15) is 55.5 Å². The van der Waals surface area contributed by atoms with E-state index >= 15 is 0 Å². The number of aromatic nitrogens is 1. The van der Waals surface area contributed by atoms with Gasteiger partial charge in [-0.3, -0.25) is 9.59 Å². The monoisotopic (exact) mass is 584 g/mol. The van der Waals surface area contributed by atoms with Crippen molar-refractivity contribution in [1.29, 1.82) is 0 Å². The topological polar surface area (TPSA) is 95.0 Å². The largest absolute Gasteiger partial charge is 0.497 e. The van der Waals surface area contributed by atoms with Gasteiger partial charge in [0.25, 0.3) is 17.4 Å². The highest BCUT2D eigenvalue weighted by atomic mass is 35.5. The number of nitrogens with zero attached hydrogens (tertiary/aromatic N) is 3. The average Bonchev–Trinajstić information content (AvgIpc) is 2.91. The van der Waals surface area contributed by atoms with E-state index in [2.05, 4.69) is 15.2 Å². The van der Waals surface area contributed by atoms with Crippen molar-refractivity contribution in [3.05, 3.63) is 52.7 Å². The number of nitrogens with one attached hydrogen (secondary N) is 1. The molecule has 0 spiro atoms. The van der Waals surface area contributed by atoms with Gasteiger partial charge < -0.3 is 25.0 Å². The number of hydrogen-bond acceptors (Lipinski definition) is 6. The Hall–Kier alpha value is -3.05. The van der Waals surface area contributed by atoms with Gasteiger partial charge >= 0.3 is 6.18 Å². The Balaban J connectivity index is 1.54. The number of carbonyl (C=O) groups is 2. The van der Waals surface area contributed by atoms with Gasteiger partial charge in [-0.15, -0.1) is 0 Å². The maximum atomic E-state index is 14.0. The van der Waals surface area contributed by atoms with Crippen LogP contribution in [-0.4, -0.2) is 72.8 Å². The zero-order chi connectivity index (χ0) is 29.7. The Morgan fingerprint density at radius 1 is 1.23 bits per heavy atom. The highest BCUT2D eigenvalue weighted by Gasteiger charge is 2.61. The van der Waals surface area contributed by atoms with Crippen LogP contribution in [0.15, 0.2) is 36.4 Å². The number of rotatable bonds is 10. The van der Waals surface area contributed by atoms with Crippen LogP contribution in [0.25, 0.3) is 0 Å². The maximum absolute atomic E-state index is 14.0. The van der Waals surface area contributed by atoms with Crippen LogP contribution in [0.5, 0.6) is 5.75 Å². The summed E-state index contributed by atoms with van der Waals surface area (Å²) in [5.74, 6) is -0.605. The quantitative estimate of drug-likeness (QED) is 0.390. The first kappa shape index (κ1) is 31.5. The zero-order valence-corrected chi connectivity index (χ0v) is 23.8. The number of benzene rings is 1. The number of carbonyl (C=O) groups excluding carboxylic acids is 2. The average molecular weight is 585 g/mol. The predicted molar refractivity (Wildman–Crippen MR) is 147 cm³/mol. The van der Waals surface area contributed by atoms with E-state index in [-0.39, 0.29) is 29.4 Å². The van der Waals surface area contributed by atoms with Gasteiger partial charge in [0.05, 0.1) is 12.7 Å². The molecule has 1 aliphatic heterocycles. The Morgan fingerprint density at radius 2 is 1.90 bits per heavy atom. The fraction of sp³-hybridized carbons (Fsp3) is 0.536. The van der Waals surface area contributed by atoms with Gasteiger partial charge in [0.2, 0.25) is 0 Å². The van der Waals surface area contributed by atoms with Crippen LogP contribution in [0, 0.1) is 5.92 Å². The van der Waals surface area contributed by atoms with Crippen molar-refractivity contribution in [2.24, 2.45) is 5.92 Å². The van der Waals surface area contributed by atoms with Crippen LogP contribution < -0.4 is 15.0 Å². The molecule has 2 amide bonds. The lowest BCUT2D eigenvalue weighted by Gasteiger charge is -2.34. The number of halogens is 4. The molecule has 220 valence electrons. The molecule has 1 fully saturated rings. The van der Waals surface area contributed by atoms with Crippen LogP contribution in [-0.2, 0) is 10.4 Å². The normalized spacial score (nSPS) is 16.0. The molecule has 2 heterocycles. The maximum Gasteiger partial charge on any atom is 0.430 e. The standard InChI is InChI=1S/C28H36ClF3N4O4/c1-18(2)33-25(37)22-10-11-23(34-24(22)29)36-15-12-19(13-16-36)7-6-14-35(3)26(38)27(39,28(30,31)32)20-8-5-9-21(17-20)40-4/h5,8-11,17-19,39H,6-7,12-16H2,1-4H3,(H,33,37). The molecular weight excluding hydrogens is 549 g/mol. The first-order valence-corrected chi connectivity index (χ1v) is 13.6. The minimum atomic E-state index is -5.22. The fourth-order valence-corrected chi connectivity index (χ4v) is 5.05. The van der Waals surface area contributed by atoms with Gasteiger partial charge in [0.1, 0.15) is 16.7 Å². The molecule has 8 nitrogen and oxygen atoms in total. The van der Waals surface area contributed by atoms with E-state index in [9.17, 15) is 27.9 Å². The van der Waals surface area contributed by atoms with Crippen LogP contribution >= 0.6 is 11.6 Å². The highest BCUT2D eigenvalue weighted by Crippen LogP contribution is 2.41. The first-order valence-electron chi connectivity index (χ1n) is 13.2. The molecule has 1 aromatic carbocycles. The molecule has 2 N–H and O–H groups in total. The SMILES string of the molecule is COc1cccc(C(O)(C(=O)N(C)CCCC2CCN(c3ccc(C(=O)NC(C)C)c(Cl)n3)CC2)C(F)(F)F)c1. The van der Waals surface area contributed by atoms with Crippen LogP contribution in [0.2, 0.25) is 5.15 Å². The molecule has 40 heavy (non-hydrogen) atoms. The third-order valence-corrected chi connectivity index (χ3v) is 7.38. The van der Waals surface area contributed by atoms with Gasteiger partial charge in [0.15, 0.2) is 0 Å². The summed E-state index contributed by atoms with van der Waals surface area (Å²) in [6, 6.07) is 8.22. The summed E-state index contributed by atoms with van der Waals surface area (Å²) < 4.78 is 46.9. The van der Waals surface area contributed by atoms with Gasteiger partial charge in [-0.1, -0.05) is 23.7 Å². The van der Waals surface area contributed by atoms with Crippen LogP contribution in [0.4, 0.5) is 19.0 Å². The minimum absolute atomic E-state index is 0.0241. The zero-order valence-electron chi connectivity index (χ0n) is 23.1. The van der Waals surface area contributed by atoms with Gasteiger partial charge in [-0.25, -0.2) is 4.98 Å². The molecule has 12 heteroatoms. The third-order valence-electron chi connectivity index (χ3n) is 7.10. The summed E-state index contributed by atoms with van der Waals surface area (Å²) in [7, 11) is 2.56. The number of amides is 2. The predicted octanol–water partition coefficient (Wildman–Crippen LogP) is 4.79. The second-order valence-corrected chi connectivity index (χ2v) is 10.7. The van der Waals surface area contributed by atoms with E-state index < -0.39 is 23.2 Å². The van der Waals surface area contributed by atoms with Crippen molar-refractivity contribution in [3.63, 3.8) is 0 Å². The smallest absolute Gasteiger partial charge is 0.430 e. The summed E-state index contributed by atoms with van der Waals surface area (Å²) in [6.45, 7) is 5.21. The van der Waals surface area contributed by atoms with Crippen molar-refractivity contribution in [2.45, 2.75) is 57.3 Å². The summed E-state index contributed by atoms with van der Waals surface area (Å²) in [5, 5.41) is 13.6. The summed E-state index contributed by atoms with van der Waals surface area (Å²) in [6.07, 6.45) is -2.34. The number of ether oxygens (including phenoxy) is 1. The number of alkyl halides is 3. The minimum Gasteiger partial charge on any atom is -0.497 e. The van der Waals surface area contributed by atoms with E-state index in [4.69, 9.17) is 16.3 Å². The molecule has 1 aromatic heterocycles. The summed E-state index contributed by atoms with van der Waals surface area (Å²) in [4.78, 5) is 32.6. The molecule has 0 saturated carbocycles. The Labute approximate surface area is 237 Å². The van der Waals surface area contributed by atoms with E-state index in [1.807, 2.05) is 13.8 Å². The summed E-state index contributed by atoms with van der Waals surface area (Å²) >= 11 is 6.27. The third kappa shape index (κ3) is 7.17. The van der Waals surface area contributed by atoms with Crippen molar-refractivity contribution in [3.8, 4) is 5.75 Å². The number of hydrogen-bond donors (Lipinski definition) is 2. The fourth-order valence-electron chi connectivity index (χ4n) is 4.81. The molecule has 0 bridgehead atoms. The molecular formula is C28H36ClF3N4O4. The van der Waals surface area contributed by atoms with Crippen molar-refractivity contribution in [2.75, 3.05) is 38.7 Å². The van der Waals surface area contributed by atoms with Crippen molar-refractivity contribution >= 4 is 29.2 Å². The number of anilines is 1. The number of methoxy groups -OCH3 is 1. The van der Waals surface area contributed by atoms with E-state index in [0.717, 1.165) is 36.3 Å². The second kappa shape index (κ2) is 13.1. The molecule has 1 atom stereocenters. The number of piperidine rings is 1.